The molecular formula is C14H18N4O2. The number of hydrogen-bond donors (Lipinski definition) is 2. The van der Waals surface area contributed by atoms with Gasteiger partial charge in [-0.25, -0.2) is 9.67 Å². The maximum Gasteiger partial charge on any atom is 0.251 e. The lowest BCUT2D eigenvalue weighted by Gasteiger charge is -2.09. The molecule has 1 heterocycles. The summed E-state index contributed by atoms with van der Waals surface area (Å²) in [7, 11) is 0. The fourth-order valence-corrected chi connectivity index (χ4v) is 1.88. The van der Waals surface area contributed by atoms with Crippen LogP contribution in [0.1, 0.15) is 29.3 Å². The third kappa shape index (κ3) is 3.42. The molecule has 6 nitrogen and oxygen atoms in total. The Morgan fingerprint density at radius 3 is 2.90 bits per heavy atom. The van der Waals surface area contributed by atoms with Gasteiger partial charge in [0.05, 0.1) is 11.8 Å². The van der Waals surface area contributed by atoms with Crippen molar-refractivity contribution in [2.24, 2.45) is 0 Å². The number of benzene rings is 1. The summed E-state index contributed by atoms with van der Waals surface area (Å²) in [6, 6.07) is 5.41. The van der Waals surface area contributed by atoms with Crippen LogP contribution in [0.4, 0.5) is 0 Å². The van der Waals surface area contributed by atoms with Gasteiger partial charge in [0.2, 0.25) is 0 Å². The van der Waals surface area contributed by atoms with Gasteiger partial charge in [-0.2, -0.15) is 5.10 Å². The van der Waals surface area contributed by atoms with Gasteiger partial charge in [-0.15, -0.1) is 0 Å². The highest BCUT2D eigenvalue weighted by molar-refractivity contribution is 5.94. The highest BCUT2D eigenvalue weighted by Crippen LogP contribution is 2.14. The van der Waals surface area contributed by atoms with Crippen molar-refractivity contribution < 1.29 is 9.90 Å². The van der Waals surface area contributed by atoms with Crippen molar-refractivity contribution in [3.8, 4) is 5.69 Å². The fraction of sp³-hybridized carbons (Fsp3) is 0.357. The standard InChI is InChI=1S/C14H18N4O2/c1-10-7-12(14(20)16-6-5-11(2)19)3-4-13(10)18-9-15-8-17-18/h3-4,7-9,11,19H,5-6H2,1-2H3,(H,16,20). The normalized spacial score (nSPS) is 12.2. The van der Waals surface area contributed by atoms with Gasteiger partial charge in [0.1, 0.15) is 12.7 Å². The Hall–Kier alpha value is -2.21. The third-order valence-corrected chi connectivity index (χ3v) is 2.97. The molecule has 1 unspecified atom stereocenters. The Bertz CT molecular complexity index is 579. The monoisotopic (exact) mass is 274 g/mol. The van der Waals surface area contributed by atoms with Gasteiger partial charge >= 0.3 is 0 Å². The summed E-state index contributed by atoms with van der Waals surface area (Å²) in [5, 5.41) is 16.0. The van der Waals surface area contributed by atoms with E-state index >= 15 is 0 Å². The molecule has 20 heavy (non-hydrogen) atoms. The van der Waals surface area contributed by atoms with Gasteiger partial charge in [0.25, 0.3) is 5.91 Å². The molecule has 2 rings (SSSR count). The molecule has 0 aliphatic carbocycles. The van der Waals surface area contributed by atoms with Gasteiger partial charge in [0, 0.05) is 12.1 Å². The van der Waals surface area contributed by atoms with E-state index in [2.05, 4.69) is 15.4 Å². The minimum Gasteiger partial charge on any atom is -0.393 e. The molecule has 1 aromatic carbocycles. The van der Waals surface area contributed by atoms with Crippen molar-refractivity contribution in [1.82, 2.24) is 20.1 Å². The maximum absolute atomic E-state index is 11.9. The molecule has 0 aliphatic rings. The number of rotatable bonds is 5. The topological polar surface area (TPSA) is 80.0 Å². The van der Waals surface area contributed by atoms with E-state index in [0.29, 0.717) is 18.5 Å². The SMILES string of the molecule is Cc1cc(C(=O)NCCC(C)O)ccc1-n1cncn1. The molecule has 2 aromatic rings. The summed E-state index contributed by atoms with van der Waals surface area (Å²) in [6.45, 7) is 4.08. The second-order valence-corrected chi connectivity index (χ2v) is 4.73. The van der Waals surface area contributed by atoms with E-state index in [9.17, 15) is 4.79 Å². The lowest BCUT2D eigenvalue weighted by Crippen LogP contribution is -2.26. The Labute approximate surface area is 117 Å². The molecule has 6 heteroatoms. The van der Waals surface area contributed by atoms with Crippen LogP contribution in [0.15, 0.2) is 30.9 Å². The number of nitrogens with one attached hydrogen (secondary N) is 1. The second kappa shape index (κ2) is 6.29. The van der Waals surface area contributed by atoms with Crippen molar-refractivity contribution >= 4 is 5.91 Å². The maximum atomic E-state index is 11.9. The van der Waals surface area contributed by atoms with E-state index < -0.39 is 6.10 Å². The average Bonchev–Trinajstić information content (AvgIpc) is 2.91. The summed E-state index contributed by atoms with van der Waals surface area (Å²) in [5.41, 5.74) is 2.43. The highest BCUT2D eigenvalue weighted by atomic mass is 16.3. The van der Waals surface area contributed by atoms with E-state index in [1.54, 1.807) is 24.0 Å². The Morgan fingerprint density at radius 1 is 1.50 bits per heavy atom. The number of aromatic nitrogens is 3. The van der Waals surface area contributed by atoms with E-state index in [1.807, 2.05) is 19.1 Å². The van der Waals surface area contributed by atoms with E-state index in [1.165, 1.54) is 6.33 Å². The van der Waals surface area contributed by atoms with Gasteiger partial charge in [-0.1, -0.05) is 0 Å². The summed E-state index contributed by atoms with van der Waals surface area (Å²) in [4.78, 5) is 15.9. The van der Waals surface area contributed by atoms with Crippen LogP contribution in [0, 0.1) is 6.92 Å². The number of carbonyl (C=O) groups excluding carboxylic acids is 1. The first kappa shape index (κ1) is 14.2. The van der Waals surface area contributed by atoms with Crippen LogP contribution in [0.5, 0.6) is 0 Å². The zero-order valence-electron chi connectivity index (χ0n) is 11.6. The zero-order chi connectivity index (χ0) is 14.5. The number of hydrogen-bond acceptors (Lipinski definition) is 4. The Kier molecular flexibility index (Phi) is 4.47. The van der Waals surface area contributed by atoms with E-state index in [0.717, 1.165) is 11.3 Å². The van der Waals surface area contributed by atoms with Crippen LogP contribution >= 0.6 is 0 Å². The first-order valence-electron chi connectivity index (χ1n) is 6.50. The molecule has 0 spiro atoms. The van der Waals surface area contributed by atoms with E-state index in [4.69, 9.17) is 5.11 Å². The van der Waals surface area contributed by atoms with Crippen LogP contribution in [0.3, 0.4) is 0 Å². The average molecular weight is 274 g/mol. The number of amides is 1. The molecule has 1 aromatic heterocycles. The first-order valence-corrected chi connectivity index (χ1v) is 6.50. The number of aliphatic hydroxyl groups is 1. The largest absolute Gasteiger partial charge is 0.393 e. The van der Waals surface area contributed by atoms with Crippen LogP contribution in [0.2, 0.25) is 0 Å². The summed E-state index contributed by atoms with van der Waals surface area (Å²) < 4.78 is 1.66. The van der Waals surface area contributed by atoms with Gasteiger partial charge in [-0.3, -0.25) is 4.79 Å². The summed E-state index contributed by atoms with van der Waals surface area (Å²) in [5.74, 6) is -0.140. The highest BCUT2D eigenvalue weighted by Gasteiger charge is 2.09. The van der Waals surface area contributed by atoms with Gasteiger partial charge in [0.15, 0.2) is 0 Å². The van der Waals surface area contributed by atoms with Crippen LogP contribution in [0.25, 0.3) is 5.69 Å². The third-order valence-electron chi connectivity index (χ3n) is 2.97. The minimum atomic E-state index is -0.410. The summed E-state index contributed by atoms with van der Waals surface area (Å²) >= 11 is 0. The second-order valence-electron chi connectivity index (χ2n) is 4.73. The lowest BCUT2D eigenvalue weighted by molar-refractivity contribution is 0.0945. The van der Waals surface area contributed by atoms with Crippen molar-refractivity contribution in [3.63, 3.8) is 0 Å². The predicted octanol–water partition coefficient (Wildman–Crippen LogP) is 1.08. The number of nitrogens with zero attached hydrogens (tertiary/aromatic N) is 3. The van der Waals surface area contributed by atoms with Crippen molar-refractivity contribution in [3.05, 3.63) is 42.0 Å². The molecule has 0 bridgehead atoms. The minimum absolute atomic E-state index is 0.140. The molecule has 106 valence electrons. The molecule has 0 radical (unpaired) electrons. The fourth-order valence-electron chi connectivity index (χ4n) is 1.88. The Morgan fingerprint density at radius 2 is 2.30 bits per heavy atom. The first-order chi connectivity index (χ1) is 9.58. The van der Waals surface area contributed by atoms with Gasteiger partial charge in [-0.05, 0) is 44.0 Å². The summed E-state index contributed by atoms with van der Waals surface area (Å²) in [6.07, 6.45) is 3.22. The lowest BCUT2D eigenvalue weighted by atomic mass is 10.1. The molecule has 0 fully saturated rings. The zero-order valence-corrected chi connectivity index (χ0v) is 11.6. The quantitative estimate of drug-likeness (QED) is 0.855. The number of aliphatic hydroxyl groups excluding tert-OH is 1. The number of aryl methyl sites for hydroxylation is 1. The molecule has 1 amide bonds. The molecule has 0 aliphatic heterocycles. The molecule has 0 saturated carbocycles. The smallest absolute Gasteiger partial charge is 0.251 e. The van der Waals surface area contributed by atoms with Crippen molar-refractivity contribution in [2.45, 2.75) is 26.4 Å². The molecule has 0 saturated heterocycles. The number of carbonyl (C=O) groups is 1. The van der Waals surface area contributed by atoms with Crippen LogP contribution in [-0.4, -0.2) is 38.4 Å². The van der Waals surface area contributed by atoms with Gasteiger partial charge < -0.3 is 10.4 Å². The predicted molar refractivity (Wildman–Crippen MR) is 74.7 cm³/mol. The van der Waals surface area contributed by atoms with Crippen LogP contribution in [-0.2, 0) is 0 Å². The molecule has 1 atom stereocenters. The van der Waals surface area contributed by atoms with E-state index in [-0.39, 0.29) is 5.91 Å². The Balaban J connectivity index is 2.07. The van der Waals surface area contributed by atoms with Crippen molar-refractivity contribution in [1.29, 1.82) is 0 Å². The van der Waals surface area contributed by atoms with Crippen LogP contribution < -0.4 is 5.32 Å². The van der Waals surface area contributed by atoms with Crippen molar-refractivity contribution in [2.75, 3.05) is 6.54 Å². The molecular weight excluding hydrogens is 256 g/mol. The molecule has 2 N–H and O–H groups in total.